The summed E-state index contributed by atoms with van der Waals surface area (Å²) in [6, 6.07) is 0. The number of carbonyl (C=O) groups excluding carboxylic acids is 1. The van der Waals surface area contributed by atoms with Gasteiger partial charge < -0.3 is 4.74 Å². The van der Waals surface area contributed by atoms with E-state index in [1.165, 1.54) is 0 Å². The van der Waals surface area contributed by atoms with Crippen LogP contribution in [0.15, 0.2) is 0 Å². The van der Waals surface area contributed by atoms with Crippen molar-refractivity contribution in [1.29, 1.82) is 0 Å². The van der Waals surface area contributed by atoms with Crippen LogP contribution in [0.25, 0.3) is 0 Å². The van der Waals surface area contributed by atoms with Crippen molar-refractivity contribution in [3.63, 3.8) is 0 Å². The third-order valence-electron chi connectivity index (χ3n) is 2.59. The van der Waals surface area contributed by atoms with Crippen LogP contribution in [0.5, 0.6) is 0 Å². The molecule has 0 aliphatic carbocycles. The number of rotatable bonds is 4. The molecule has 8 heteroatoms. The number of alkyl halides is 2. The number of nitrogens with zero attached hydrogens (tertiary/aromatic N) is 1. The van der Waals surface area contributed by atoms with Crippen LogP contribution < -0.4 is 0 Å². The Hall–Kier alpha value is -0.760. The molecule has 1 heterocycles. The summed E-state index contributed by atoms with van der Waals surface area (Å²) >= 11 is 0. The van der Waals surface area contributed by atoms with Gasteiger partial charge in [0.25, 0.3) is 10.0 Å². The minimum absolute atomic E-state index is 0.0303. The maximum atomic E-state index is 12.3. The maximum Gasteiger partial charge on any atom is 0.350 e. The molecule has 0 aromatic rings. The van der Waals surface area contributed by atoms with Gasteiger partial charge in [0.15, 0.2) is 0 Å². The SMILES string of the molecule is CCOC(=O)[C@@H]1CCCN(S(=O)(=O)C(F)F)C1. The molecule has 1 fully saturated rings. The van der Waals surface area contributed by atoms with Gasteiger partial charge in [0.05, 0.1) is 12.5 Å². The van der Waals surface area contributed by atoms with E-state index in [2.05, 4.69) is 0 Å². The number of carbonyl (C=O) groups is 1. The second-order valence-corrected chi connectivity index (χ2v) is 5.66. The van der Waals surface area contributed by atoms with Crippen LogP contribution in [-0.4, -0.2) is 44.1 Å². The van der Waals surface area contributed by atoms with Gasteiger partial charge in [-0.25, -0.2) is 8.42 Å². The first-order valence-corrected chi connectivity index (χ1v) is 6.83. The molecule has 1 rings (SSSR count). The first-order chi connectivity index (χ1) is 7.89. The minimum Gasteiger partial charge on any atom is -0.466 e. The number of ether oxygens (including phenoxy) is 1. The average molecular weight is 271 g/mol. The average Bonchev–Trinajstić information content (AvgIpc) is 2.29. The van der Waals surface area contributed by atoms with Gasteiger partial charge in [-0.1, -0.05) is 0 Å². The molecule has 0 aromatic heterocycles. The molecule has 1 saturated heterocycles. The molecule has 0 saturated carbocycles. The highest BCUT2D eigenvalue weighted by Crippen LogP contribution is 2.23. The van der Waals surface area contributed by atoms with Crippen LogP contribution in [-0.2, 0) is 19.6 Å². The second-order valence-electron chi connectivity index (χ2n) is 3.75. The molecule has 100 valence electrons. The van der Waals surface area contributed by atoms with Gasteiger partial charge in [0.2, 0.25) is 0 Å². The van der Waals surface area contributed by atoms with Crippen LogP contribution in [0.1, 0.15) is 19.8 Å². The monoisotopic (exact) mass is 271 g/mol. The lowest BCUT2D eigenvalue weighted by atomic mass is 10.0. The molecule has 1 aliphatic rings. The summed E-state index contributed by atoms with van der Waals surface area (Å²) in [4.78, 5) is 11.4. The zero-order valence-corrected chi connectivity index (χ0v) is 10.3. The van der Waals surface area contributed by atoms with E-state index in [9.17, 15) is 22.0 Å². The van der Waals surface area contributed by atoms with Gasteiger partial charge in [0, 0.05) is 13.1 Å². The highest BCUT2D eigenvalue weighted by molar-refractivity contribution is 7.89. The lowest BCUT2D eigenvalue weighted by molar-refractivity contribution is -0.149. The Balaban J connectivity index is 2.70. The highest BCUT2D eigenvalue weighted by atomic mass is 32.2. The van der Waals surface area contributed by atoms with E-state index >= 15 is 0 Å². The van der Waals surface area contributed by atoms with Gasteiger partial charge in [0.1, 0.15) is 0 Å². The van der Waals surface area contributed by atoms with Crippen molar-refractivity contribution in [3.05, 3.63) is 0 Å². The van der Waals surface area contributed by atoms with Crippen molar-refractivity contribution in [2.45, 2.75) is 25.5 Å². The van der Waals surface area contributed by atoms with E-state index < -0.39 is 27.7 Å². The minimum atomic E-state index is -4.59. The molecule has 17 heavy (non-hydrogen) atoms. The van der Waals surface area contributed by atoms with E-state index in [-0.39, 0.29) is 19.7 Å². The number of halogens is 2. The number of hydrogen-bond donors (Lipinski definition) is 0. The normalized spacial score (nSPS) is 22.7. The Labute approximate surface area is 98.8 Å². The number of piperidine rings is 1. The molecular formula is C9H15F2NO4S. The Morgan fingerprint density at radius 3 is 2.71 bits per heavy atom. The molecular weight excluding hydrogens is 256 g/mol. The second kappa shape index (κ2) is 5.72. The fourth-order valence-corrected chi connectivity index (χ4v) is 2.74. The summed E-state index contributed by atoms with van der Waals surface area (Å²) < 4.78 is 52.5. The standard InChI is InChI=1S/C9H15F2NO4S/c1-2-16-8(13)7-4-3-5-12(6-7)17(14,15)9(10)11/h7,9H,2-6H2,1H3/t7-/m1/s1. The largest absolute Gasteiger partial charge is 0.466 e. The van der Waals surface area contributed by atoms with E-state index in [1.807, 2.05) is 0 Å². The van der Waals surface area contributed by atoms with Gasteiger partial charge in [-0.3, -0.25) is 4.79 Å². The van der Waals surface area contributed by atoms with E-state index in [0.29, 0.717) is 17.1 Å². The van der Waals surface area contributed by atoms with Crippen LogP contribution in [0, 0.1) is 5.92 Å². The Morgan fingerprint density at radius 2 is 2.18 bits per heavy atom. The maximum absolute atomic E-state index is 12.3. The van der Waals surface area contributed by atoms with Crippen LogP contribution in [0.3, 0.4) is 0 Å². The van der Waals surface area contributed by atoms with Gasteiger partial charge in [-0.15, -0.1) is 0 Å². The Morgan fingerprint density at radius 1 is 1.53 bits per heavy atom. The Kier molecular flexibility index (Phi) is 4.81. The summed E-state index contributed by atoms with van der Waals surface area (Å²) in [5, 5.41) is 0. The van der Waals surface area contributed by atoms with Crippen LogP contribution in [0.2, 0.25) is 0 Å². The van der Waals surface area contributed by atoms with Gasteiger partial charge in [-0.05, 0) is 19.8 Å². The van der Waals surface area contributed by atoms with Crippen molar-refractivity contribution < 1.29 is 26.7 Å². The molecule has 0 unspecified atom stereocenters. The lowest BCUT2D eigenvalue weighted by Gasteiger charge is -2.30. The summed E-state index contributed by atoms with van der Waals surface area (Å²) in [6.45, 7) is 1.64. The third kappa shape index (κ3) is 3.35. The van der Waals surface area contributed by atoms with E-state index in [0.717, 1.165) is 0 Å². The van der Waals surface area contributed by atoms with E-state index in [4.69, 9.17) is 4.74 Å². The fourth-order valence-electron chi connectivity index (χ4n) is 1.74. The summed E-state index contributed by atoms with van der Waals surface area (Å²) in [5.74, 6) is -4.61. The molecule has 1 aliphatic heterocycles. The molecule has 0 N–H and O–H groups in total. The molecule has 1 atom stereocenters. The molecule has 0 amide bonds. The smallest absolute Gasteiger partial charge is 0.350 e. The molecule has 5 nitrogen and oxygen atoms in total. The first-order valence-electron chi connectivity index (χ1n) is 5.33. The molecule has 0 bridgehead atoms. The van der Waals surface area contributed by atoms with Crippen molar-refractivity contribution in [3.8, 4) is 0 Å². The van der Waals surface area contributed by atoms with E-state index in [1.54, 1.807) is 6.92 Å². The third-order valence-corrected chi connectivity index (χ3v) is 4.09. The summed E-state index contributed by atoms with van der Waals surface area (Å²) in [7, 11) is -4.59. The van der Waals surface area contributed by atoms with Crippen molar-refractivity contribution in [1.82, 2.24) is 4.31 Å². The fraction of sp³-hybridized carbons (Fsp3) is 0.889. The van der Waals surface area contributed by atoms with Crippen molar-refractivity contribution in [2.24, 2.45) is 5.92 Å². The Bertz CT molecular complexity index is 371. The summed E-state index contributed by atoms with van der Waals surface area (Å²) in [6.07, 6.45) is 0.851. The van der Waals surface area contributed by atoms with Gasteiger partial charge >= 0.3 is 11.7 Å². The number of hydrogen-bond acceptors (Lipinski definition) is 4. The van der Waals surface area contributed by atoms with Crippen LogP contribution >= 0.6 is 0 Å². The molecule has 0 aromatic carbocycles. The van der Waals surface area contributed by atoms with Gasteiger partial charge in [-0.2, -0.15) is 13.1 Å². The zero-order chi connectivity index (χ0) is 13.1. The van der Waals surface area contributed by atoms with Crippen LogP contribution in [0.4, 0.5) is 8.78 Å². The zero-order valence-electron chi connectivity index (χ0n) is 9.43. The predicted molar refractivity (Wildman–Crippen MR) is 55.9 cm³/mol. The first kappa shape index (κ1) is 14.3. The quantitative estimate of drug-likeness (QED) is 0.710. The highest BCUT2D eigenvalue weighted by Gasteiger charge is 2.37. The topological polar surface area (TPSA) is 63.7 Å². The summed E-state index contributed by atoms with van der Waals surface area (Å²) in [5.41, 5.74) is 0. The molecule has 0 radical (unpaired) electrons. The lowest BCUT2D eigenvalue weighted by Crippen LogP contribution is -2.44. The number of esters is 1. The van der Waals surface area contributed by atoms with Crippen molar-refractivity contribution in [2.75, 3.05) is 19.7 Å². The predicted octanol–water partition coefficient (Wildman–Crippen LogP) is 0.814. The van der Waals surface area contributed by atoms with Crippen molar-refractivity contribution >= 4 is 16.0 Å². The molecule has 0 spiro atoms. The number of sulfonamides is 1.